The largest absolute Gasteiger partial charge is 0.481 e. The third-order valence-corrected chi connectivity index (χ3v) is 2.32. The van der Waals surface area contributed by atoms with Crippen molar-refractivity contribution in [3.05, 3.63) is 29.3 Å². The predicted octanol–water partition coefficient (Wildman–Crippen LogP) is 1.34. The molecule has 0 aliphatic rings. The molecule has 0 aliphatic carbocycles. The molecule has 0 amide bonds. The van der Waals surface area contributed by atoms with E-state index in [9.17, 15) is 4.79 Å². The van der Waals surface area contributed by atoms with E-state index in [2.05, 4.69) is 0 Å². The van der Waals surface area contributed by atoms with Crippen molar-refractivity contribution in [2.45, 2.75) is 6.42 Å². The van der Waals surface area contributed by atoms with Gasteiger partial charge in [0.2, 0.25) is 0 Å². The summed E-state index contributed by atoms with van der Waals surface area (Å²) in [6, 6.07) is 8.84. The first-order chi connectivity index (χ1) is 8.10. The van der Waals surface area contributed by atoms with Gasteiger partial charge in [-0.2, -0.15) is 10.5 Å². The van der Waals surface area contributed by atoms with E-state index in [0.717, 1.165) is 0 Å². The van der Waals surface area contributed by atoms with E-state index >= 15 is 0 Å². The Labute approximate surface area is 99.1 Å². The number of rotatable bonds is 4. The van der Waals surface area contributed by atoms with Crippen molar-refractivity contribution in [3.63, 3.8) is 0 Å². The van der Waals surface area contributed by atoms with Crippen molar-refractivity contribution in [2.75, 3.05) is 18.5 Å². The van der Waals surface area contributed by atoms with Gasteiger partial charge in [-0.3, -0.25) is 4.79 Å². The standard InChI is InChI=1S/C12H11N3O2/c1-15(6-5-11(16)17)12-9(7-13)3-2-4-10(12)8-14/h2-4H,5-6H2,1H3,(H,16,17). The minimum absolute atomic E-state index is 0.0405. The number of nitriles is 2. The van der Waals surface area contributed by atoms with Crippen LogP contribution in [0.3, 0.4) is 0 Å². The third kappa shape index (κ3) is 2.96. The van der Waals surface area contributed by atoms with E-state index in [1.807, 2.05) is 12.1 Å². The third-order valence-electron chi connectivity index (χ3n) is 2.32. The van der Waals surface area contributed by atoms with Gasteiger partial charge in [-0.05, 0) is 12.1 Å². The Hall–Kier alpha value is -2.53. The van der Waals surface area contributed by atoms with Gasteiger partial charge in [-0.15, -0.1) is 0 Å². The zero-order valence-electron chi connectivity index (χ0n) is 9.34. The van der Waals surface area contributed by atoms with Crippen molar-refractivity contribution >= 4 is 11.7 Å². The Morgan fingerprint density at radius 2 is 1.88 bits per heavy atom. The normalized spacial score (nSPS) is 9.12. The molecule has 0 heterocycles. The maximum Gasteiger partial charge on any atom is 0.305 e. The van der Waals surface area contributed by atoms with Crippen molar-refractivity contribution in [1.82, 2.24) is 0 Å². The second kappa shape index (κ2) is 5.53. The highest BCUT2D eigenvalue weighted by Gasteiger charge is 2.13. The fraction of sp³-hybridized carbons (Fsp3) is 0.250. The lowest BCUT2D eigenvalue weighted by atomic mass is 10.1. The van der Waals surface area contributed by atoms with E-state index in [4.69, 9.17) is 15.6 Å². The maximum atomic E-state index is 10.5. The smallest absolute Gasteiger partial charge is 0.305 e. The van der Waals surface area contributed by atoms with Crippen LogP contribution in [-0.4, -0.2) is 24.7 Å². The molecule has 86 valence electrons. The highest BCUT2D eigenvalue weighted by molar-refractivity contribution is 5.70. The number of para-hydroxylation sites is 1. The van der Waals surface area contributed by atoms with E-state index in [1.54, 1.807) is 30.1 Å². The summed E-state index contributed by atoms with van der Waals surface area (Å²) in [6.07, 6.45) is -0.0405. The van der Waals surface area contributed by atoms with Gasteiger partial charge < -0.3 is 10.0 Å². The molecule has 5 heteroatoms. The highest BCUT2D eigenvalue weighted by Crippen LogP contribution is 2.23. The summed E-state index contributed by atoms with van der Waals surface area (Å²) in [5.74, 6) is -0.912. The van der Waals surface area contributed by atoms with Crippen LogP contribution >= 0.6 is 0 Å². The van der Waals surface area contributed by atoms with Crippen LogP contribution < -0.4 is 4.90 Å². The first-order valence-electron chi connectivity index (χ1n) is 4.96. The van der Waals surface area contributed by atoms with Crippen molar-refractivity contribution in [2.24, 2.45) is 0 Å². The van der Waals surface area contributed by atoms with Crippen LogP contribution in [0.2, 0.25) is 0 Å². The van der Waals surface area contributed by atoms with Gasteiger partial charge in [0, 0.05) is 13.6 Å². The first-order valence-corrected chi connectivity index (χ1v) is 4.96. The van der Waals surface area contributed by atoms with Crippen LogP contribution in [-0.2, 0) is 4.79 Å². The Morgan fingerprint density at radius 3 is 2.29 bits per heavy atom. The Kier molecular flexibility index (Phi) is 4.08. The molecule has 1 aromatic rings. The van der Waals surface area contributed by atoms with E-state index in [1.165, 1.54) is 0 Å². The summed E-state index contributed by atoms with van der Waals surface area (Å²) < 4.78 is 0. The van der Waals surface area contributed by atoms with E-state index in [0.29, 0.717) is 16.8 Å². The molecule has 17 heavy (non-hydrogen) atoms. The van der Waals surface area contributed by atoms with Gasteiger partial charge in [-0.1, -0.05) is 6.07 Å². The van der Waals surface area contributed by atoms with Crippen LogP contribution in [0.5, 0.6) is 0 Å². The molecule has 0 radical (unpaired) electrons. The number of aliphatic carboxylic acids is 1. The van der Waals surface area contributed by atoms with Crippen LogP contribution in [0, 0.1) is 22.7 Å². The fourth-order valence-electron chi connectivity index (χ4n) is 1.51. The molecule has 1 N–H and O–H groups in total. The number of nitrogens with zero attached hydrogens (tertiary/aromatic N) is 3. The quantitative estimate of drug-likeness (QED) is 0.841. The van der Waals surface area contributed by atoms with Gasteiger partial charge in [0.1, 0.15) is 12.1 Å². The second-order valence-electron chi connectivity index (χ2n) is 3.49. The minimum atomic E-state index is -0.912. The van der Waals surface area contributed by atoms with Gasteiger partial charge in [-0.25, -0.2) is 0 Å². The predicted molar refractivity (Wildman–Crippen MR) is 61.4 cm³/mol. The Bertz CT molecular complexity index is 479. The molecule has 0 spiro atoms. The minimum Gasteiger partial charge on any atom is -0.481 e. The lowest BCUT2D eigenvalue weighted by Gasteiger charge is -2.20. The van der Waals surface area contributed by atoms with Crippen molar-refractivity contribution < 1.29 is 9.90 Å². The molecular formula is C12H11N3O2. The summed E-state index contributed by atoms with van der Waals surface area (Å²) in [5, 5.41) is 26.5. The zero-order valence-corrected chi connectivity index (χ0v) is 9.34. The van der Waals surface area contributed by atoms with Gasteiger partial charge in [0.15, 0.2) is 0 Å². The maximum absolute atomic E-state index is 10.5. The van der Waals surface area contributed by atoms with Gasteiger partial charge in [0.25, 0.3) is 0 Å². The summed E-state index contributed by atoms with van der Waals surface area (Å²) in [5.41, 5.74) is 1.23. The number of hydrogen-bond acceptors (Lipinski definition) is 4. The van der Waals surface area contributed by atoms with E-state index < -0.39 is 5.97 Å². The average molecular weight is 229 g/mol. The number of carbonyl (C=O) groups is 1. The first kappa shape index (κ1) is 12.5. The van der Waals surface area contributed by atoms with Gasteiger partial charge >= 0.3 is 5.97 Å². The molecule has 0 bridgehead atoms. The zero-order chi connectivity index (χ0) is 12.8. The number of anilines is 1. The summed E-state index contributed by atoms with van der Waals surface area (Å²) in [6.45, 7) is 0.253. The molecule has 0 unspecified atom stereocenters. The monoisotopic (exact) mass is 229 g/mol. The number of hydrogen-bond donors (Lipinski definition) is 1. The van der Waals surface area contributed by atoms with Crippen LogP contribution in [0.4, 0.5) is 5.69 Å². The number of benzene rings is 1. The summed E-state index contributed by atoms with van der Waals surface area (Å²) in [4.78, 5) is 12.1. The molecule has 0 atom stereocenters. The van der Waals surface area contributed by atoms with Gasteiger partial charge in [0.05, 0.1) is 23.2 Å². The lowest BCUT2D eigenvalue weighted by Crippen LogP contribution is -2.22. The Balaban J connectivity index is 3.07. The summed E-state index contributed by atoms with van der Waals surface area (Å²) in [7, 11) is 1.67. The Morgan fingerprint density at radius 1 is 1.35 bits per heavy atom. The molecule has 0 saturated heterocycles. The fourth-order valence-corrected chi connectivity index (χ4v) is 1.51. The van der Waals surface area contributed by atoms with Crippen LogP contribution in [0.25, 0.3) is 0 Å². The molecule has 0 aliphatic heterocycles. The number of carboxylic acids is 1. The van der Waals surface area contributed by atoms with Crippen LogP contribution in [0.1, 0.15) is 17.5 Å². The second-order valence-corrected chi connectivity index (χ2v) is 3.49. The average Bonchev–Trinajstić information content (AvgIpc) is 2.34. The molecule has 0 aromatic heterocycles. The van der Waals surface area contributed by atoms with Crippen molar-refractivity contribution in [3.8, 4) is 12.1 Å². The lowest BCUT2D eigenvalue weighted by molar-refractivity contribution is -0.136. The van der Waals surface area contributed by atoms with E-state index in [-0.39, 0.29) is 13.0 Å². The number of carboxylic acid groups (broad SMARTS) is 1. The molecule has 0 saturated carbocycles. The van der Waals surface area contributed by atoms with Crippen LogP contribution in [0.15, 0.2) is 18.2 Å². The van der Waals surface area contributed by atoms with Crippen molar-refractivity contribution in [1.29, 1.82) is 10.5 Å². The molecule has 0 fully saturated rings. The topological polar surface area (TPSA) is 88.1 Å². The molecule has 1 aromatic carbocycles. The molecule has 1 rings (SSSR count). The summed E-state index contributed by atoms with van der Waals surface area (Å²) >= 11 is 0. The molecular weight excluding hydrogens is 218 g/mol. The highest BCUT2D eigenvalue weighted by atomic mass is 16.4. The molecule has 5 nitrogen and oxygen atoms in total. The SMILES string of the molecule is CN(CCC(=O)O)c1c(C#N)cccc1C#N.